The number of hydrogen-bond donors (Lipinski definition) is 1. The summed E-state index contributed by atoms with van der Waals surface area (Å²) in [4.78, 5) is 37.5. The fraction of sp³-hybridized carbons (Fsp3) is 0.519. The van der Waals surface area contributed by atoms with Crippen molar-refractivity contribution in [2.45, 2.75) is 72.8 Å². The zero-order valence-corrected chi connectivity index (χ0v) is 21.8. The Bertz CT molecular complexity index is 1260. The number of anilines is 1. The Morgan fingerprint density at radius 3 is 2.40 bits per heavy atom. The molecule has 8 heteroatoms. The SMILES string of the molecule is Cc1ccnc(NC(=O)C2CCN(C(=O)c3cc(C(C)C)nc4c3c(C)nn4C(C)(C)C)CC2)c1. The van der Waals surface area contributed by atoms with Crippen LogP contribution < -0.4 is 5.32 Å². The third kappa shape index (κ3) is 5.06. The van der Waals surface area contributed by atoms with Crippen molar-refractivity contribution >= 4 is 28.7 Å². The molecule has 3 aromatic heterocycles. The highest BCUT2D eigenvalue weighted by atomic mass is 16.2. The first kappa shape index (κ1) is 24.8. The van der Waals surface area contributed by atoms with Crippen molar-refractivity contribution in [3.63, 3.8) is 0 Å². The first-order chi connectivity index (χ1) is 16.5. The fourth-order valence-corrected chi connectivity index (χ4v) is 4.59. The first-order valence-corrected chi connectivity index (χ1v) is 12.4. The molecule has 1 aliphatic heterocycles. The number of nitrogens with zero attached hydrogens (tertiary/aromatic N) is 5. The summed E-state index contributed by atoms with van der Waals surface area (Å²) in [5.74, 6) is 0.552. The van der Waals surface area contributed by atoms with E-state index in [2.05, 4.69) is 44.9 Å². The van der Waals surface area contributed by atoms with Gasteiger partial charge in [0.05, 0.1) is 22.2 Å². The number of fused-ring (bicyclic) bond motifs is 1. The molecule has 0 unspecified atom stereocenters. The smallest absolute Gasteiger partial charge is 0.254 e. The Balaban J connectivity index is 1.56. The van der Waals surface area contributed by atoms with Crippen LogP contribution in [-0.4, -0.2) is 49.6 Å². The molecule has 0 aromatic carbocycles. The molecule has 0 aliphatic carbocycles. The van der Waals surface area contributed by atoms with Crippen LogP contribution >= 0.6 is 0 Å². The number of aromatic nitrogens is 4. The molecule has 1 saturated heterocycles. The van der Waals surface area contributed by atoms with Crippen LogP contribution in [0.1, 0.15) is 80.7 Å². The van der Waals surface area contributed by atoms with E-state index in [1.165, 1.54) is 0 Å². The van der Waals surface area contributed by atoms with Crippen molar-refractivity contribution in [3.8, 4) is 0 Å². The van der Waals surface area contributed by atoms with E-state index in [4.69, 9.17) is 10.1 Å². The molecule has 0 saturated carbocycles. The number of aryl methyl sites for hydroxylation is 2. The van der Waals surface area contributed by atoms with Gasteiger partial charge in [0.15, 0.2) is 5.65 Å². The molecule has 4 rings (SSSR count). The van der Waals surface area contributed by atoms with E-state index in [0.717, 1.165) is 28.0 Å². The third-order valence-corrected chi connectivity index (χ3v) is 6.61. The van der Waals surface area contributed by atoms with E-state index in [1.54, 1.807) is 6.20 Å². The monoisotopic (exact) mass is 476 g/mol. The number of nitrogens with one attached hydrogen (secondary N) is 1. The van der Waals surface area contributed by atoms with Crippen LogP contribution in [0.3, 0.4) is 0 Å². The molecule has 4 heterocycles. The molecule has 3 aromatic rings. The summed E-state index contributed by atoms with van der Waals surface area (Å²) in [5.41, 5.74) is 3.88. The maximum absolute atomic E-state index is 13.8. The van der Waals surface area contributed by atoms with Crippen molar-refractivity contribution in [3.05, 3.63) is 46.9 Å². The second kappa shape index (κ2) is 9.40. The molecule has 1 fully saturated rings. The van der Waals surface area contributed by atoms with Gasteiger partial charge in [0.2, 0.25) is 5.91 Å². The van der Waals surface area contributed by atoms with Gasteiger partial charge in [0, 0.05) is 30.9 Å². The molecule has 0 spiro atoms. The van der Waals surface area contributed by atoms with Crippen LogP contribution in [0.5, 0.6) is 0 Å². The first-order valence-electron chi connectivity index (χ1n) is 12.4. The van der Waals surface area contributed by atoms with Gasteiger partial charge >= 0.3 is 0 Å². The Hall–Kier alpha value is -3.29. The summed E-state index contributed by atoms with van der Waals surface area (Å²) in [6.07, 6.45) is 2.93. The van der Waals surface area contributed by atoms with Gasteiger partial charge in [0.1, 0.15) is 5.82 Å². The van der Waals surface area contributed by atoms with Gasteiger partial charge in [-0.3, -0.25) is 9.59 Å². The highest BCUT2D eigenvalue weighted by molar-refractivity contribution is 6.06. The molecule has 8 nitrogen and oxygen atoms in total. The van der Waals surface area contributed by atoms with E-state index >= 15 is 0 Å². The van der Waals surface area contributed by atoms with E-state index in [-0.39, 0.29) is 29.2 Å². The summed E-state index contributed by atoms with van der Waals surface area (Å²) in [5, 5.41) is 8.50. The van der Waals surface area contributed by atoms with Gasteiger partial charge < -0.3 is 10.2 Å². The lowest BCUT2D eigenvalue weighted by molar-refractivity contribution is -0.121. The van der Waals surface area contributed by atoms with Gasteiger partial charge in [-0.2, -0.15) is 5.10 Å². The topological polar surface area (TPSA) is 93.0 Å². The predicted octanol–water partition coefficient (Wildman–Crippen LogP) is 4.81. The molecule has 0 atom stereocenters. The predicted molar refractivity (Wildman–Crippen MR) is 138 cm³/mol. The zero-order valence-electron chi connectivity index (χ0n) is 21.8. The second-order valence-electron chi connectivity index (χ2n) is 10.9. The summed E-state index contributed by atoms with van der Waals surface area (Å²) < 4.78 is 1.93. The maximum atomic E-state index is 13.8. The van der Waals surface area contributed by atoms with Crippen molar-refractivity contribution < 1.29 is 9.59 Å². The summed E-state index contributed by atoms with van der Waals surface area (Å²) in [6.45, 7) is 15.4. The van der Waals surface area contributed by atoms with Gasteiger partial charge in [-0.25, -0.2) is 14.6 Å². The van der Waals surface area contributed by atoms with Crippen LogP contribution in [0.2, 0.25) is 0 Å². The number of piperidine rings is 1. The summed E-state index contributed by atoms with van der Waals surface area (Å²) >= 11 is 0. The maximum Gasteiger partial charge on any atom is 0.254 e. The number of likely N-dealkylation sites (tertiary alicyclic amines) is 1. The van der Waals surface area contributed by atoms with Crippen LogP contribution in [-0.2, 0) is 10.3 Å². The lowest BCUT2D eigenvalue weighted by Gasteiger charge is -2.31. The van der Waals surface area contributed by atoms with E-state index < -0.39 is 0 Å². The van der Waals surface area contributed by atoms with Crippen molar-refractivity contribution in [2.24, 2.45) is 5.92 Å². The normalized spacial score (nSPS) is 15.1. The van der Waals surface area contributed by atoms with Crippen LogP contribution in [0.25, 0.3) is 11.0 Å². The Kier molecular flexibility index (Phi) is 6.66. The van der Waals surface area contributed by atoms with Gasteiger partial charge in [-0.15, -0.1) is 0 Å². The molecule has 0 bridgehead atoms. The minimum Gasteiger partial charge on any atom is -0.339 e. The minimum absolute atomic E-state index is 0.0185. The molecule has 186 valence electrons. The van der Waals surface area contributed by atoms with Crippen LogP contribution in [0.4, 0.5) is 5.82 Å². The van der Waals surface area contributed by atoms with Crippen LogP contribution in [0.15, 0.2) is 24.4 Å². The number of amides is 2. The second-order valence-corrected chi connectivity index (χ2v) is 10.9. The Morgan fingerprint density at radius 1 is 1.11 bits per heavy atom. The van der Waals surface area contributed by atoms with E-state index in [0.29, 0.717) is 37.3 Å². The number of carbonyl (C=O) groups excluding carboxylic acids is 2. The lowest BCUT2D eigenvalue weighted by atomic mass is 9.94. The van der Waals surface area contributed by atoms with E-state index in [9.17, 15) is 9.59 Å². The number of hydrogen-bond acceptors (Lipinski definition) is 5. The third-order valence-electron chi connectivity index (χ3n) is 6.61. The average molecular weight is 477 g/mol. The summed E-state index contributed by atoms with van der Waals surface area (Å²) in [6, 6.07) is 5.68. The van der Waals surface area contributed by atoms with Gasteiger partial charge in [-0.05, 0) is 77.1 Å². The van der Waals surface area contributed by atoms with Crippen molar-refractivity contribution in [1.29, 1.82) is 0 Å². The highest BCUT2D eigenvalue weighted by Gasteiger charge is 2.31. The quantitative estimate of drug-likeness (QED) is 0.583. The highest BCUT2D eigenvalue weighted by Crippen LogP contribution is 2.30. The number of pyridine rings is 2. The Labute approximate surface area is 207 Å². The molecule has 1 aliphatic rings. The van der Waals surface area contributed by atoms with Crippen LogP contribution in [0, 0.1) is 19.8 Å². The lowest BCUT2D eigenvalue weighted by Crippen LogP contribution is -2.41. The van der Waals surface area contributed by atoms with Crippen molar-refractivity contribution in [1.82, 2.24) is 24.6 Å². The Morgan fingerprint density at radius 2 is 1.80 bits per heavy atom. The molecular formula is C27H36N6O2. The van der Waals surface area contributed by atoms with Crippen molar-refractivity contribution in [2.75, 3.05) is 18.4 Å². The summed E-state index contributed by atoms with van der Waals surface area (Å²) in [7, 11) is 0. The van der Waals surface area contributed by atoms with Gasteiger partial charge in [-0.1, -0.05) is 13.8 Å². The molecule has 35 heavy (non-hydrogen) atoms. The molecule has 2 amide bonds. The minimum atomic E-state index is -0.257. The zero-order chi connectivity index (χ0) is 25.5. The molecule has 1 N–H and O–H groups in total. The standard InChI is InChI=1S/C27H36N6O2/c1-16(2)21-15-20(23-18(4)31-33(24(23)29-21)27(5,6)7)26(35)32-12-9-19(10-13-32)25(34)30-22-14-17(3)8-11-28-22/h8,11,14-16,19H,9-10,12-13H2,1-7H3,(H,28,30,34). The average Bonchev–Trinajstić information content (AvgIpc) is 3.15. The largest absolute Gasteiger partial charge is 0.339 e. The van der Waals surface area contributed by atoms with E-state index in [1.807, 2.05) is 41.6 Å². The number of rotatable bonds is 4. The number of carbonyl (C=O) groups is 2. The molecular weight excluding hydrogens is 440 g/mol. The fourth-order valence-electron chi connectivity index (χ4n) is 4.59. The molecule has 0 radical (unpaired) electrons. The van der Waals surface area contributed by atoms with Gasteiger partial charge in [0.25, 0.3) is 5.91 Å².